The topological polar surface area (TPSA) is 104 Å². The zero-order valence-electron chi connectivity index (χ0n) is 18.6. The average Bonchev–Trinajstić information content (AvgIpc) is 2.85. The molecule has 1 aliphatic heterocycles. The molecule has 0 radical (unpaired) electrons. The van der Waals surface area contributed by atoms with Crippen LogP contribution in [0.5, 0.6) is 0 Å². The molecule has 4 rings (SSSR count). The monoisotopic (exact) mass is 587 g/mol. The normalized spacial score (nSPS) is 15.0. The molecule has 36 heavy (non-hydrogen) atoms. The summed E-state index contributed by atoms with van der Waals surface area (Å²) in [6, 6.07) is 15.7. The van der Waals surface area contributed by atoms with Gasteiger partial charge in [-0.15, -0.1) is 0 Å². The molecule has 1 heterocycles. The van der Waals surface area contributed by atoms with Gasteiger partial charge in [0.05, 0.1) is 21.0 Å². The smallest absolute Gasteiger partial charge is 0.261 e. The fourth-order valence-corrected chi connectivity index (χ4v) is 6.58. The molecule has 0 spiro atoms. The fraction of sp³-hybridized carbons (Fsp3) is 0.174. The van der Waals surface area contributed by atoms with Gasteiger partial charge >= 0.3 is 0 Å². The Morgan fingerprint density at radius 2 is 1.19 bits per heavy atom. The van der Waals surface area contributed by atoms with E-state index in [-0.39, 0.29) is 52.2 Å². The number of anilines is 1. The Morgan fingerprint density at radius 1 is 0.694 bits per heavy atom. The van der Waals surface area contributed by atoms with Gasteiger partial charge in [0.25, 0.3) is 15.9 Å². The van der Waals surface area contributed by atoms with E-state index in [1.807, 2.05) is 0 Å². The lowest BCUT2D eigenvalue weighted by molar-refractivity contribution is 0.0699. The van der Waals surface area contributed by atoms with Crippen molar-refractivity contribution in [2.75, 3.05) is 30.9 Å². The summed E-state index contributed by atoms with van der Waals surface area (Å²) < 4.78 is 55.3. The highest BCUT2D eigenvalue weighted by Crippen LogP contribution is 2.27. The third-order valence-electron chi connectivity index (χ3n) is 5.56. The summed E-state index contributed by atoms with van der Waals surface area (Å²) in [7, 11) is -7.76. The molecule has 0 unspecified atom stereocenters. The quantitative estimate of drug-likeness (QED) is 0.454. The minimum absolute atomic E-state index is 0.0266. The molecule has 3 aromatic rings. The maximum absolute atomic E-state index is 13.3. The van der Waals surface area contributed by atoms with Gasteiger partial charge in [0.15, 0.2) is 0 Å². The van der Waals surface area contributed by atoms with Crippen LogP contribution in [0.3, 0.4) is 0 Å². The van der Waals surface area contributed by atoms with Gasteiger partial charge in [-0.3, -0.25) is 9.52 Å². The lowest BCUT2D eigenvalue weighted by Crippen LogP contribution is -2.50. The molecule has 0 aliphatic carbocycles. The number of halogens is 3. The Labute approximate surface area is 224 Å². The van der Waals surface area contributed by atoms with Crippen molar-refractivity contribution in [1.82, 2.24) is 9.21 Å². The van der Waals surface area contributed by atoms with Crippen LogP contribution >= 0.6 is 34.8 Å². The molecule has 1 amide bonds. The number of carbonyl (C=O) groups is 1. The van der Waals surface area contributed by atoms with Crippen molar-refractivity contribution in [3.63, 3.8) is 0 Å². The van der Waals surface area contributed by atoms with Gasteiger partial charge in [0.1, 0.15) is 0 Å². The zero-order valence-corrected chi connectivity index (χ0v) is 22.5. The van der Waals surface area contributed by atoms with Crippen LogP contribution in [0.15, 0.2) is 76.5 Å². The fourth-order valence-electron chi connectivity index (χ4n) is 3.66. The number of rotatable bonds is 6. The second-order valence-corrected chi connectivity index (χ2v) is 12.8. The Hall–Kier alpha value is -2.34. The number of amides is 1. The molecule has 1 aliphatic rings. The van der Waals surface area contributed by atoms with E-state index in [4.69, 9.17) is 34.8 Å². The molecule has 0 saturated carbocycles. The van der Waals surface area contributed by atoms with Crippen molar-refractivity contribution in [2.45, 2.75) is 9.79 Å². The predicted molar refractivity (Wildman–Crippen MR) is 140 cm³/mol. The van der Waals surface area contributed by atoms with E-state index >= 15 is 0 Å². The van der Waals surface area contributed by atoms with Crippen LogP contribution in [0.25, 0.3) is 0 Å². The van der Waals surface area contributed by atoms with Crippen molar-refractivity contribution in [1.29, 1.82) is 0 Å². The number of carbonyl (C=O) groups excluding carboxylic acids is 1. The Bertz CT molecular complexity index is 1490. The Morgan fingerprint density at radius 3 is 1.75 bits per heavy atom. The van der Waals surface area contributed by atoms with Crippen LogP contribution in [0, 0.1) is 0 Å². The molecule has 0 bridgehead atoms. The summed E-state index contributed by atoms with van der Waals surface area (Å²) in [6.45, 7) is 0.370. The average molecular weight is 589 g/mol. The van der Waals surface area contributed by atoms with Crippen LogP contribution in [0.1, 0.15) is 10.4 Å². The van der Waals surface area contributed by atoms with E-state index in [0.717, 1.165) is 0 Å². The number of nitrogens with one attached hydrogen (secondary N) is 1. The first kappa shape index (κ1) is 26.7. The number of hydrogen-bond donors (Lipinski definition) is 1. The van der Waals surface area contributed by atoms with E-state index in [9.17, 15) is 21.6 Å². The van der Waals surface area contributed by atoms with Gasteiger partial charge in [-0.25, -0.2) is 16.8 Å². The van der Waals surface area contributed by atoms with Crippen molar-refractivity contribution < 1.29 is 21.6 Å². The Balaban J connectivity index is 1.52. The van der Waals surface area contributed by atoms with Crippen LogP contribution in [-0.2, 0) is 20.0 Å². The van der Waals surface area contributed by atoms with Crippen molar-refractivity contribution in [3.8, 4) is 0 Å². The number of hydrogen-bond acceptors (Lipinski definition) is 5. The van der Waals surface area contributed by atoms with E-state index in [1.54, 1.807) is 0 Å². The summed E-state index contributed by atoms with van der Waals surface area (Å²) in [5.41, 5.74) is 0.101. The van der Waals surface area contributed by atoms with Gasteiger partial charge in [0, 0.05) is 41.2 Å². The summed E-state index contributed by atoms with van der Waals surface area (Å²) >= 11 is 17.8. The highest BCUT2D eigenvalue weighted by molar-refractivity contribution is 7.92. The first-order chi connectivity index (χ1) is 17.0. The van der Waals surface area contributed by atoms with Crippen LogP contribution < -0.4 is 4.72 Å². The maximum atomic E-state index is 13.3. The zero-order chi connectivity index (χ0) is 26.1. The largest absolute Gasteiger partial charge is 0.336 e. The van der Waals surface area contributed by atoms with E-state index in [0.29, 0.717) is 10.0 Å². The first-order valence-corrected chi connectivity index (χ1v) is 14.7. The third kappa shape index (κ3) is 5.80. The molecule has 1 saturated heterocycles. The number of benzene rings is 3. The second-order valence-electron chi connectivity index (χ2n) is 7.90. The summed E-state index contributed by atoms with van der Waals surface area (Å²) in [5, 5.41) is 1.05. The molecule has 0 atom stereocenters. The SMILES string of the molecule is O=C(c1cc(Cl)ccc1NS(=O)(=O)c1ccc(Cl)cc1)N1CCN(S(=O)(=O)c2ccc(Cl)cc2)CC1. The molecule has 0 aromatic heterocycles. The Kier molecular flexibility index (Phi) is 7.84. The summed E-state index contributed by atoms with van der Waals surface area (Å²) in [5.74, 6) is -0.477. The molecule has 8 nitrogen and oxygen atoms in total. The number of nitrogens with zero attached hydrogens (tertiary/aromatic N) is 2. The second kappa shape index (κ2) is 10.6. The summed E-state index contributed by atoms with van der Waals surface area (Å²) in [6.07, 6.45) is 0. The van der Waals surface area contributed by atoms with Gasteiger partial charge in [-0.1, -0.05) is 34.8 Å². The van der Waals surface area contributed by atoms with Gasteiger partial charge in [-0.05, 0) is 66.7 Å². The van der Waals surface area contributed by atoms with Crippen molar-refractivity contribution in [2.24, 2.45) is 0 Å². The maximum Gasteiger partial charge on any atom is 0.261 e. The molecule has 1 N–H and O–H groups in total. The van der Waals surface area contributed by atoms with Crippen molar-refractivity contribution >= 4 is 66.4 Å². The first-order valence-electron chi connectivity index (χ1n) is 10.6. The molecular weight excluding hydrogens is 569 g/mol. The van der Waals surface area contributed by atoms with Crippen LogP contribution in [-0.4, -0.2) is 58.1 Å². The number of piperazine rings is 1. The number of sulfonamides is 2. The van der Waals surface area contributed by atoms with Gasteiger partial charge in [0.2, 0.25) is 10.0 Å². The van der Waals surface area contributed by atoms with Crippen molar-refractivity contribution in [3.05, 3.63) is 87.4 Å². The van der Waals surface area contributed by atoms with E-state index < -0.39 is 26.0 Å². The molecule has 3 aromatic carbocycles. The van der Waals surface area contributed by atoms with Crippen LogP contribution in [0.4, 0.5) is 5.69 Å². The summed E-state index contributed by atoms with van der Waals surface area (Å²) in [4.78, 5) is 14.9. The third-order valence-corrected chi connectivity index (χ3v) is 9.59. The molecule has 190 valence electrons. The van der Waals surface area contributed by atoms with E-state index in [1.165, 1.54) is 75.9 Å². The highest BCUT2D eigenvalue weighted by atomic mass is 35.5. The molecule has 13 heteroatoms. The molecule has 1 fully saturated rings. The lowest BCUT2D eigenvalue weighted by atomic mass is 10.1. The predicted octanol–water partition coefficient (Wildman–Crippen LogP) is 4.59. The standard InChI is InChI=1S/C23H20Cl3N3O5S2/c24-16-1-6-19(7-2-16)35(31,32)27-22-10-5-18(26)15-21(22)23(30)28-11-13-29(14-12-28)36(33,34)20-8-3-17(25)4-9-20/h1-10,15,27H,11-14H2. The minimum Gasteiger partial charge on any atom is -0.336 e. The lowest BCUT2D eigenvalue weighted by Gasteiger charge is -2.34. The van der Waals surface area contributed by atoms with Gasteiger partial charge in [-0.2, -0.15) is 4.31 Å². The van der Waals surface area contributed by atoms with Crippen LogP contribution in [0.2, 0.25) is 15.1 Å². The highest BCUT2D eigenvalue weighted by Gasteiger charge is 2.31. The van der Waals surface area contributed by atoms with Gasteiger partial charge < -0.3 is 4.90 Å². The molecular formula is C23H20Cl3N3O5S2. The minimum atomic E-state index is -4.01. The van der Waals surface area contributed by atoms with E-state index in [2.05, 4.69) is 4.72 Å².